The van der Waals surface area contributed by atoms with Crippen LogP contribution in [0.2, 0.25) is 0 Å². The Morgan fingerprint density at radius 2 is 2.33 bits per heavy atom. The van der Waals surface area contributed by atoms with Crippen LogP contribution in [0.5, 0.6) is 0 Å². The minimum atomic E-state index is -3.58. The van der Waals surface area contributed by atoms with Gasteiger partial charge in [-0.3, -0.25) is 0 Å². The van der Waals surface area contributed by atoms with Crippen molar-refractivity contribution in [3.63, 3.8) is 0 Å². The molecular formula is C10H16N2O5S. The van der Waals surface area contributed by atoms with Crippen LogP contribution in [0.25, 0.3) is 0 Å². The minimum absolute atomic E-state index is 0.100. The van der Waals surface area contributed by atoms with Crippen LogP contribution in [0, 0.1) is 0 Å². The van der Waals surface area contributed by atoms with Gasteiger partial charge in [-0.2, -0.15) is 0 Å². The average Bonchev–Trinajstić information content (AvgIpc) is 2.87. The summed E-state index contributed by atoms with van der Waals surface area (Å²) in [5.41, 5.74) is 0.452. The summed E-state index contributed by atoms with van der Waals surface area (Å²) in [6.07, 6.45) is 1.08. The third kappa shape index (κ3) is 3.30. The lowest BCUT2D eigenvalue weighted by Gasteiger charge is -2.22. The lowest BCUT2D eigenvalue weighted by atomic mass is 10.3. The van der Waals surface area contributed by atoms with Gasteiger partial charge in [0.2, 0.25) is 10.0 Å². The normalized spacial score (nSPS) is 21.1. The van der Waals surface area contributed by atoms with Crippen LogP contribution in [-0.4, -0.2) is 51.0 Å². The lowest BCUT2D eigenvalue weighted by molar-refractivity contribution is -0.0846. The van der Waals surface area contributed by atoms with E-state index in [1.165, 1.54) is 12.3 Å². The maximum atomic E-state index is 11.9. The van der Waals surface area contributed by atoms with E-state index in [0.29, 0.717) is 25.5 Å². The number of rotatable bonds is 5. The maximum absolute atomic E-state index is 11.9. The Balaban J connectivity index is 1.94. The standard InChI is InChI=1S/C10H16N2O5S/c13-6-8-3-10(5-11-8)18(14,15)12-4-9-7-16-1-2-17-9/h3,5,9,11-13H,1-2,4,6-7H2. The van der Waals surface area contributed by atoms with Crippen molar-refractivity contribution in [3.05, 3.63) is 18.0 Å². The van der Waals surface area contributed by atoms with Crippen molar-refractivity contribution >= 4 is 10.0 Å². The van der Waals surface area contributed by atoms with Crippen molar-refractivity contribution in [2.45, 2.75) is 17.6 Å². The number of H-pyrrole nitrogens is 1. The van der Waals surface area contributed by atoms with Crippen molar-refractivity contribution in [1.29, 1.82) is 0 Å². The minimum Gasteiger partial charge on any atom is -0.390 e. The molecule has 2 heterocycles. The number of ether oxygens (including phenoxy) is 2. The summed E-state index contributed by atoms with van der Waals surface area (Å²) in [6, 6.07) is 1.39. The molecule has 102 valence electrons. The molecule has 2 rings (SSSR count). The molecule has 1 aliphatic heterocycles. The summed E-state index contributed by atoms with van der Waals surface area (Å²) in [5.74, 6) is 0. The van der Waals surface area contributed by atoms with Gasteiger partial charge in [0, 0.05) is 18.4 Å². The SMILES string of the molecule is O=S(=O)(NCC1COCCO1)c1c[nH]c(CO)c1. The molecule has 0 saturated carbocycles. The number of hydrogen-bond acceptors (Lipinski definition) is 5. The summed E-state index contributed by atoms with van der Waals surface area (Å²) in [7, 11) is -3.58. The van der Waals surface area contributed by atoms with E-state index < -0.39 is 10.0 Å². The fraction of sp³-hybridized carbons (Fsp3) is 0.600. The first kappa shape index (κ1) is 13.5. The summed E-state index contributed by atoms with van der Waals surface area (Å²) in [4.78, 5) is 2.77. The predicted molar refractivity (Wildman–Crippen MR) is 62.5 cm³/mol. The van der Waals surface area contributed by atoms with E-state index in [0.717, 1.165) is 0 Å². The molecular weight excluding hydrogens is 260 g/mol. The summed E-state index contributed by atoms with van der Waals surface area (Å²) in [5, 5.41) is 8.87. The quantitative estimate of drug-likeness (QED) is 0.654. The van der Waals surface area contributed by atoms with Gasteiger partial charge < -0.3 is 19.6 Å². The Labute approximate surface area is 105 Å². The highest BCUT2D eigenvalue weighted by atomic mass is 32.2. The van der Waals surface area contributed by atoms with Crippen molar-refractivity contribution in [3.8, 4) is 0 Å². The Bertz CT molecular complexity index is 478. The van der Waals surface area contributed by atoms with Gasteiger partial charge in [0.25, 0.3) is 0 Å². The second kappa shape index (κ2) is 5.81. The van der Waals surface area contributed by atoms with Gasteiger partial charge in [0.1, 0.15) is 0 Å². The van der Waals surface area contributed by atoms with Crippen LogP contribution in [0.3, 0.4) is 0 Å². The number of sulfonamides is 1. The fourth-order valence-corrected chi connectivity index (χ4v) is 2.69. The molecule has 1 aromatic heterocycles. The van der Waals surface area contributed by atoms with E-state index in [2.05, 4.69) is 9.71 Å². The fourth-order valence-electron chi connectivity index (χ4n) is 1.61. The number of aromatic nitrogens is 1. The second-order valence-corrected chi connectivity index (χ2v) is 5.71. The molecule has 0 spiro atoms. The van der Waals surface area contributed by atoms with Gasteiger partial charge in [0.05, 0.1) is 37.4 Å². The van der Waals surface area contributed by atoms with E-state index in [-0.39, 0.29) is 24.2 Å². The molecule has 0 aliphatic carbocycles. The molecule has 1 unspecified atom stereocenters. The Kier molecular flexibility index (Phi) is 4.36. The van der Waals surface area contributed by atoms with Crippen LogP contribution in [0.4, 0.5) is 0 Å². The topological polar surface area (TPSA) is 101 Å². The monoisotopic (exact) mass is 276 g/mol. The average molecular weight is 276 g/mol. The molecule has 0 radical (unpaired) electrons. The molecule has 3 N–H and O–H groups in total. The largest absolute Gasteiger partial charge is 0.390 e. The van der Waals surface area contributed by atoms with E-state index >= 15 is 0 Å². The molecule has 0 bridgehead atoms. The van der Waals surface area contributed by atoms with Gasteiger partial charge in [0.15, 0.2) is 0 Å². The zero-order valence-corrected chi connectivity index (χ0v) is 10.6. The summed E-state index contributed by atoms with van der Waals surface area (Å²) >= 11 is 0. The molecule has 18 heavy (non-hydrogen) atoms. The number of aliphatic hydroxyl groups excluding tert-OH is 1. The molecule has 0 aromatic carbocycles. The van der Waals surface area contributed by atoms with E-state index in [1.807, 2.05) is 0 Å². The molecule has 0 amide bonds. The Hall–Kier alpha value is -0.930. The van der Waals surface area contributed by atoms with Gasteiger partial charge in [-0.15, -0.1) is 0 Å². The highest BCUT2D eigenvalue weighted by molar-refractivity contribution is 7.89. The number of hydrogen-bond donors (Lipinski definition) is 3. The van der Waals surface area contributed by atoms with Crippen molar-refractivity contribution in [2.75, 3.05) is 26.4 Å². The first-order chi connectivity index (χ1) is 8.62. The first-order valence-electron chi connectivity index (χ1n) is 5.59. The number of aliphatic hydroxyl groups is 1. The zero-order valence-electron chi connectivity index (χ0n) is 9.76. The molecule has 1 aromatic rings. The van der Waals surface area contributed by atoms with Crippen LogP contribution >= 0.6 is 0 Å². The Morgan fingerprint density at radius 1 is 1.50 bits per heavy atom. The second-order valence-electron chi connectivity index (χ2n) is 3.94. The zero-order chi connectivity index (χ0) is 13.0. The van der Waals surface area contributed by atoms with Gasteiger partial charge in [-0.05, 0) is 6.07 Å². The molecule has 1 saturated heterocycles. The van der Waals surface area contributed by atoms with Gasteiger partial charge in [-0.1, -0.05) is 0 Å². The van der Waals surface area contributed by atoms with Crippen molar-refractivity contribution < 1.29 is 23.0 Å². The number of aromatic amines is 1. The van der Waals surface area contributed by atoms with Gasteiger partial charge >= 0.3 is 0 Å². The maximum Gasteiger partial charge on any atom is 0.242 e. The van der Waals surface area contributed by atoms with E-state index in [4.69, 9.17) is 14.6 Å². The summed E-state index contributed by atoms with van der Waals surface area (Å²) in [6.45, 7) is 1.35. The molecule has 1 fully saturated rings. The molecule has 1 aliphatic rings. The predicted octanol–water partition coefficient (Wildman–Crippen LogP) is -0.799. The van der Waals surface area contributed by atoms with Gasteiger partial charge in [-0.25, -0.2) is 13.1 Å². The third-order valence-electron chi connectivity index (χ3n) is 2.58. The molecule has 1 atom stereocenters. The van der Waals surface area contributed by atoms with Crippen LogP contribution in [-0.2, 0) is 26.1 Å². The van der Waals surface area contributed by atoms with E-state index in [9.17, 15) is 8.42 Å². The lowest BCUT2D eigenvalue weighted by Crippen LogP contribution is -2.39. The van der Waals surface area contributed by atoms with Crippen LogP contribution in [0.1, 0.15) is 5.69 Å². The van der Waals surface area contributed by atoms with Crippen LogP contribution < -0.4 is 4.72 Å². The molecule has 8 heteroatoms. The summed E-state index contributed by atoms with van der Waals surface area (Å²) < 4.78 is 36.7. The van der Waals surface area contributed by atoms with E-state index in [1.54, 1.807) is 0 Å². The highest BCUT2D eigenvalue weighted by Crippen LogP contribution is 2.11. The highest BCUT2D eigenvalue weighted by Gasteiger charge is 2.20. The molecule has 7 nitrogen and oxygen atoms in total. The smallest absolute Gasteiger partial charge is 0.242 e. The number of nitrogens with one attached hydrogen (secondary N) is 2. The van der Waals surface area contributed by atoms with Crippen molar-refractivity contribution in [2.24, 2.45) is 0 Å². The third-order valence-corrected chi connectivity index (χ3v) is 3.99. The first-order valence-corrected chi connectivity index (χ1v) is 7.07. The van der Waals surface area contributed by atoms with Crippen molar-refractivity contribution in [1.82, 2.24) is 9.71 Å². The Morgan fingerprint density at radius 3 is 2.94 bits per heavy atom. The van der Waals surface area contributed by atoms with Crippen LogP contribution in [0.15, 0.2) is 17.2 Å².